The van der Waals surface area contributed by atoms with Gasteiger partial charge in [0.1, 0.15) is 11.5 Å². The second kappa shape index (κ2) is 10.6. The Morgan fingerprint density at radius 2 is 0.733 bits per heavy atom. The highest BCUT2D eigenvalue weighted by atomic mass is 79.9. The maximum atomic E-state index is 9.58. The molecule has 0 radical (unpaired) electrons. The second-order valence-corrected chi connectivity index (χ2v) is 10.0. The lowest BCUT2D eigenvalue weighted by atomic mass is 10.0. The summed E-state index contributed by atoms with van der Waals surface area (Å²) in [5.41, 5.74) is 3.63. The first-order valence-corrected chi connectivity index (χ1v) is 12.0. The zero-order valence-electron chi connectivity index (χ0n) is 15.5. The van der Waals surface area contributed by atoms with Gasteiger partial charge in [-0.05, 0) is 59.7 Å². The second-order valence-electron chi connectivity index (χ2n) is 6.35. The van der Waals surface area contributed by atoms with E-state index in [0.717, 1.165) is 17.9 Å². The van der Waals surface area contributed by atoms with Gasteiger partial charge in [-0.15, -0.1) is 0 Å². The monoisotopic (exact) mass is 652 g/mol. The van der Waals surface area contributed by atoms with Crippen molar-refractivity contribution in [1.82, 2.24) is 0 Å². The van der Waals surface area contributed by atoms with E-state index in [9.17, 15) is 10.2 Å². The number of phenolic OH excluding ortho intramolecular Hbond substituents is 2. The van der Waals surface area contributed by atoms with Crippen LogP contribution >= 0.6 is 63.7 Å². The molecule has 0 saturated carbocycles. The minimum atomic E-state index is 0.175. The van der Waals surface area contributed by atoms with Crippen molar-refractivity contribution in [3.05, 3.63) is 103 Å². The summed E-state index contributed by atoms with van der Waals surface area (Å²) in [7, 11) is 0. The van der Waals surface area contributed by atoms with Gasteiger partial charge >= 0.3 is 0 Å². The van der Waals surface area contributed by atoms with E-state index in [2.05, 4.69) is 88.0 Å². The van der Waals surface area contributed by atoms with Crippen molar-refractivity contribution in [3.63, 3.8) is 0 Å². The molecule has 0 amide bonds. The topological polar surface area (TPSA) is 40.5 Å². The molecule has 152 valence electrons. The minimum absolute atomic E-state index is 0.175. The molecule has 0 saturated heterocycles. The first-order valence-electron chi connectivity index (χ1n) is 8.82. The largest absolute Gasteiger partial charge is 0.507 e. The lowest BCUT2D eigenvalue weighted by Crippen LogP contribution is -1.80. The maximum absolute atomic E-state index is 9.58. The van der Waals surface area contributed by atoms with Crippen LogP contribution in [0.2, 0.25) is 0 Å². The molecule has 4 aromatic carbocycles. The molecular formula is C24H16Br4O2. The van der Waals surface area contributed by atoms with Gasteiger partial charge in [0.25, 0.3) is 0 Å². The van der Waals surface area contributed by atoms with E-state index in [4.69, 9.17) is 0 Å². The van der Waals surface area contributed by atoms with Crippen LogP contribution in [0.25, 0.3) is 22.3 Å². The van der Waals surface area contributed by atoms with Gasteiger partial charge in [0, 0.05) is 29.0 Å². The van der Waals surface area contributed by atoms with Crippen LogP contribution in [0.4, 0.5) is 0 Å². The Morgan fingerprint density at radius 1 is 0.433 bits per heavy atom. The molecule has 0 fully saturated rings. The quantitative estimate of drug-likeness (QED) is 0.226. The van der Waals surface area contributed by atoms with Crippen molar-refractivity contribution in [3.8, 4) is 33.8 Å². The Bertz CT molecular complexity index is 1040. The summed E-state index contributed by atoms with van der Waals surface area (Å²) in [6, 6.07) is 26.3. The number of hydrogen-bond donors (Lipinski definition) is 2. The summed E-state index contributed by atoms with van der Waals surface area (Å²) in [5.74, 6) is 0.350. The van der Waals surface area contributed by atoms with Gasteiger partial charge in [0.2, 0.25) is 0 Å². The van der Waals surface area contributed by atoms with Gasteiger partial charge in [-0.1, -0.05) is 100 Å². The van der Waals surface area contributed by atoms with Crippen molar-refractivity contribution < 1.29 is 10.2 Å². The van der Waals surface area contributed by atoms with Crippen LogP contribution in [-0.2, 0) is 0 Å². The van der Waals surface area contributed by atoms with Crippen molar-refractivity contribution in [2.75, 3.05) is 0 Å². The van der Waals surface area contributed by atoms with Crippen molar-refractivity contribution >= 4 is 63.7 Å². The smallest absolute Gasteiger partial charge is 0.123 e. The summed E-state index contributed by atoms with van der Waals surface area (Å²) in [5, 5.41) is 19.2. The van der Waals surface area contributed by atoms with Crippen LogP contribution in [0, 0.1) is 0 Å². The molecule has 4 aromatic rings. The highest BCUT2D eigenvalue weighted by Gasteiger charge is 2.06. The normalized spacial score (nSPS) is 10.3. The molecule has 0 atom stereocenters. The molecule has 6 heteroatoms. The van der Waals surface area contributed by atoms with Gasteiger partial charge in [-0.3, -0.25) is 0 Å². The Labute approximate surface area is 209 Å². The standard InChI is InChI=1S/C12H6Br4.C12H10O2/c13-9-1-7(2-10(14)5-9)8-3-11(15)6-12(16)4-8;13-11-7-3-1-5-9(11)10-6-2-4-8-12(10)14/h1-6H;1-8,13-14H. The molecule has 0 aliphatic rings. The highest BCUT2D eigenvalue weighted by Crippen LogP contribution is 2.34. The molecule has 0 aliphatic carbocycles. The van der Waals surface area contributed by atoms with E-state index in [0.29, 0.717) is 11.1 Å². The molecule has 0 aliphatic heterocycles. The number of aromatic hydroxyl groups is 2. The fourth-order valence-corrected chi connectivity index (χ4v) is 5.43. The number of halogens is 4. The molecule has 2 N–H and O–H groups in total. The zero-order chi connectivity index (χ0) is 21.7. The van der Waals surface area contributed by atoms with E-state index in [1.54, 1.807) is 36.4 Å². The lowest BCUT2D eigenvalue weighted by molar-refractivity contribution is 0.469. The SMILES string of the molecule is Brc1cc(Br)cc(-c2cc(Br)cc(Br)c2)c1.Oc1ccccc1-c1ccccc1O. The van der Waals surface area contributed by atoms with Gasteiger partial charge < -0.3 is 10.2 Å². The Morgan fingerprint density at radius 3 is 1.03 bits per heavy atom. The fraction of sp³-hybridized carbons (Fsp3) is 0. The molecular weight excluding hydrogens is 640 g/mol. The van der Waals surface area contributed by atoms with Crippen LogP contribution in [0.3, 0.4) is 0 Å². The third-order valence-electron chi connectivity index (χ3n) is 4.16. The fourth-order valence-electron chi connectivity index (χ4n) is 2.84. The van der Waals surface area contributed by atoms with Crippen LogP contribution in [0.5, 0.6) is 11.5 Å². The summed E-state index contributed by atoms with van der Waals surface area (Å²) < 4.78 is 4.25. The van der Waals surface area contributed by atoms with Gasteiger partial charge in [-0.2, -0.15) is 0 Å². The third-order valence-corrected chi connectivity index (χ3v) is 5.99. The van der Waals surface area contributed by atoms with E-state index >= 15 is 0 Å². The van der Waals surface area contributed by atoms with Crippen LogP contribution in [0.15, 0.2) is 103 Å². The first-order chi connectivity index (χ1) is 14.3. The molecule has 0 heterocycles. The molecule has 30 heavy (non-hydrogen) atoms. The first kappa shape index (κ1) is 23.1. The number of rotatable bonds is 2. The van der Waals surface area contributed by atoms with E-state index < -0.39 is 0 Å². The summed E-state index contributed by atoms with van der Waals surface area (Å²) >= 11 is 14.0. The van der Waals surface area contributed by atoms with E-state index in [-0.39, 0.29) is 11.5 Å². The Hall–Kier alpha value is -1.60. The average molecular weight is 656 g/mol. The van der Waals surface area contributed by atoms with Crippen molar-refractivity contribution in [2.24, 2.45) is 0 Å². The minimum Gasteiger partial charge on any atom is -0.507 e. The molecule has 2 nitrogen and oxygen atoms in total. The van der Waals surface area contributed by atoms with Gasteiger partial charge in [0.05, 0.1) is 0 Å². The molecule has 4 rings (SSSR count). The Balaban J connectivity index is 0.000000172. The predicted octanol–water partition coefficient (Wildman–Crippen LogP) is 9.17. The molecule has 0 spiro atoms. The van der Waals surface area contributed by atoms with E-state index in [1.165, 1.54) is 11.1 Å². The summed E-state index contributed by atoms with van der Waals surface area (Å²) in [6.07, 6.45) is 0. The van der Waals surface area contributed by atoms with Gasteiger partial charge in [-0.25, -0.2) is 0 Å². The average Bonchev–Trinajstić information content (AvgIpc) is 2.68. The molecule has 0 aromatic heterocycles. The predicted molar refractivity (Wildman–Crippen MR) is 138 cm³/mol. The maximum Gasteiger partial charge on any atom is 0.123 e. The van der Waals surface area contributed by atoms with Crippen LogP contribution in [0.1, 0.15) is 0 Å². The van der Waals surface area contributed by atoms with Crippen LogP contribution < -0.4 is 0 Å². The zero-order valence-corrected chi connectivity index (χ0v) is 21.8. The summed E-state index contributed by atoms with van der Waals surface area (Å²) in [6.45, 7) is 0. The summed E-state index contributed by atoms with van der Waals surface area (Å²) in [4.78, 5) is 0. The van der Waals surface area contributed by atoms with Crippen molar-refractivity contribution in [1.29, 1.82) is 0 Å². The highest BCUT2D eigenvalue weighted by molar-refractivity contribution is 9.11. The number of hydrogen-bond acceptors (Lipinski definition) is 2. The lowest BCUT2D eigenvalue weighted by Gasteiger charge is -2.05. The molecule has 0 unspecified atom stereocenters. The molecule has 0 bridgehead atoms. The van der Waals surface area contributed by atoms with Crippen molar-refractivity contribution in [2.45, 2.75) is 0 Å². The van der Waals surface area contributed by atoms with Gasteiger partial charge in [0.15, 0.2) is 0 Å². The third kappa shape index (κ3) is 6.20. The number of benzene rings is 4. The van der Waals surface area contributed by atoms with Crippen LogP contribution in [-0.4, -0.2) is 10.2 Å². The number of phenols is 2. The van der Waals surface area contributed by atoms with E-state index in [1.807, 2.05) is 24.3 Å². The number of para-hydroxylation sites is 2. The Kier molecular flexibility index (Phi) is 8.17.